The third-order valence-electron chi connectivity index (χ3n) is 4.50. The molecule has 0 saturated heterocycles. The average molecular weight is 315 g/mol. The van der Waals surface area contributed by atoms with Crippen molar-refractivity contribution in [1.29, 1.82) is 0 Å². The minimum absolute atomic E-state index is 0.145. The molecule has 0 spiro atoms. The predicted molar refractivity (Wildman–Crippen MR) is 86.0 cm³/mol. The number of ether oxygens (including phenoxy) is 1. The lowest BCUT2D eigenvalue weighted by Gasteiger charge is -2.31. The summed E-state index contributed by atoms with van der Waals surface area (Å²) in [5.74, 6) is -0.639. The Morgan fingerprint density at radius 2 is 2.09 bits per heavy atom. The zero-order valence-corrected chi connectivity index (χ0v) is 13.2. The van der Waals surface area contributed by atoms with Crippen molar-refractivity contribution in [2.24, 2.45) is 0 Å². The number of aromatic amines is 1. The quantitative estimate of drug-likeness (QED) is 0.880. The van der Waals surface area contributed by atoms with Crippen LogP contribution in [0.3, 0.4) is 0 Å². The SMILES string of the molecule is CN(C(=O)COC(=O)c1ccc2nc[nH]c2c1)C1CCCCC1. The van der Waals surface area contributed by atoms with Gasteiger partial charge in [-0.2, -0.15) is 0 Å². The summed E-state index contributed by atoms with van der Waals surface area (Å²) in [5.41, 5.74) is 1.97. The lowest BCUT2D eigenvalue weighted by molar-refractivity contribution is -0.135. The van der Waals surface area contributed by atoms with Gasteiger partial charge in [0.15, 0.2) is 6.61 Å². The molecule has 0 bridgehead atoms. The first-order valence-electron chi connectivity index (χ1n) is 8.01. The van der Waals surface area contributed by atoms with Crippen molar-refractivity contribution in [3.63, 3.8) is 0 Å². The molecule has 1 aliphatic carbocycles. The number of hydrogen-bond donors (Lipinski definition) is 1. The zero-order valence-electron chi connectivity index (χ0n) is 13.2. The van der Waals surface area contributed by atoms with E-state index in [1.54, 1.807) is 36.5 Å². The number of esters is 1. The van der Waals surface area contributed by atoms with Crippen molar-refractivity contribution in [2.75, 3.05) is 13.7 Å². The molecule has 1 amide bonds. The monoisotopic (exact) mass is 315 g/mol. The molecule has 23 heavy (non-hydrogen) atoms. The van der Waals surface area contributed by atoms with E-state index in [0.717, 1.165) is 36.7 Å². The smallest absolute Gasteiger partial charge is 0.338 e. The van der Waals surface area contributed by atoms with Crippen molar-refractivity contribution in [1.82, 2.24) is 14.9 Å². The molecule has 122 valence electrons. The number of nitrogens with zero attached hydrogens (tertiary/aromatic N) is 2. The Morgan fingerprint density at radius 1 is 1.30 bits per heavy atom. The Hall–Kier alpha value is -2.37. The molecule has 6 nitrogen and oxygen atoms in total. The molecule has 1 aromatic heterocycles. The van der Waals surface area contributed by atoms with Crippen LogP contribution in [0.15, 0.2) is 24.5 Å². The molecule has 1 N–H and O–H groups in total. The van der Waals surface area contributed by atoms with E-state index in [1.807, 2.05) is 0 Å². The van der Waals surface area contributed by atoms with Crippen molar-refractivity contribution >= 4 is 22.9 Å². The maximum Gasteiger partial charge on any atom is 0.338 e. The van der Waals surface area contributed by atoms with Crippen molar-refractivity contribution in [3.05, 3.63) is 30.1 Å². The molecule has 1 aliphatic rings. The molecular formula is C17H21N3O3. The Labute approximate surface area is 134 Å². The summed E-state index contributed by atoms with van der Waals surface area (Å²) in [4.78, 5) is 33.0. The van der Waals surface area contributed by atoms with E-state index >= 15 is 0 Å². The molecule has 0 unspecified atom stereocenters. The van der Waals surface area contributed by atoms with Gasteiger partial charge in [0.1, 0.15) is 0 Å². The maximum absolute atomic E-state index is 12.2. The van der Waals surface area contributed by atoms with E-state index in [9.17, 15) is 9.59 Å². The van der Waals surface area contributed by atoms with E-state index in [2.05, 4.69) is 9.97 Å². The van der Waals surface area contributed by atoms with E-state index in [0.29, 0.717) is 5.56 Å². The summed E-state index contributed by atoms with van der Waals surface area (Å²) in [6.07, 6.45) is 7.20. The fraction of sp³-hybridized carbons (Fsp3) is 0.471. The van der Waals surface area contributed by atoms with E-state index in [4.69, 9.17) is 4.74 Å². The van der Waals surface area contributed by atoms with Gasteiger partial charge in [-0.15, -0.1) is 0 Å². The van der Waals surface area contributed by atoms with Crippen molar-refractivity contribution in [2.45, 2.75) is 38.1 Å². The number of rotatable bonds is 4. The first-order chi connectivity index (χ1) is 11.1. The summed E-state index contributed by atoms with van der Waals surface area (Å²) >= 11 is 0. The number of aromatic nitrogens is 2. The third-order valence-corrected chi connectivity index (χ3v) is 4.50. The largest absolute Gasteiger partial charge is 0.452 e. The van der Waals surface area contributed by atoms with Gasteiger partial charge >= 0.3 is 5.97 Å². The van der Waals surface area contributed by atoms with Gasteiger partial charge < -0.3 is 14.6 Å². The van der Waals surface area contributed by atoms with Gasteiger partial charge in [0, 0.05) is 13.1 Å². The fourth-order valence-electron chi connectivity index (χ4n) is 3.05. The van der Waals surface area contributed by atoms with Crippen LogP contribution in [-0.2, 0) is 9.53 Å². The van der Waals surface area contributed by atoms with Gasteiger partial charge in [-0.25, -0.2) is 9.78 Å². The van der Waals surface area contributed by atoms with E-state index < -0.39 is 5.97 Å². The van der Waals surface area contributed by atoms with Crippen LogP contribution in [0.4, 0.5) is 0 Å². The standard InChI is InChI=1S/C17H21N3O3/c1-20(13-5-3-2-4-6-13)16(21)10-23-17(22)12-7-8-14-15(9-12)19-11-18-14/h7-9,11,13H,2-6,10H2,1H3,(H,18,19). The molecule has 0 aliphatic heterocycles. The van der Waals surface area contributed by atoms with Gasteiger partial charge in [0.05, 0.1) is 22.9 Å². The Balaban J connectivity index is 1.56. The molecule has 6 heteroatoms. The molecule has 1 saturated carbocycles. The van der Waals surface area contributed by atoms with Crippen LogP contribution in [0, 0.1) is 0 Å². The minimum atomic E-state index is -0.494. The lowest BCUT2D eigenvalue weighted by Crippen LogP contribution is -2.40. The number of benzene rings is 1. The number of fused-ring (bicyclic) bond motifs is 1. The van der Waals surface area contributed by atoms with Crippen LogP contribution in [0.1, 0.15) is 42.5 Å². The third kappa shape index (κ3) is 3.52. The van der Waals surface area contributed by atoms with Gasteiger partial charge in [-0.1, -0.05) is 19.3 Å². The topological polar surface area (TPSA) is 75.3 Å². The van der Waals surface area contributed by atoms with E-state index in [1.165, 1.54) is 6.42 Å². The van der Waals surface area contributed by atoms with Crippen LogP contribution in [0.2, 0.25) is 0 Å². The van der Waals surface area contributed by atoms with Crippen LogP contribution in [-0.4, -0.2) is 46.4 Å². The molecule has 1 aromatic carbocycles. The lowest BCUT2D eigenvalue weighted by atomic mass is 9.94. The highest BCUT2D eigenvalue weighted by molar-refractivity contribution is 5.94. The number of imidazole rings is 1. The number of nitrogens with one attached hydrogen (secondary N) is 1. The normalized spacial score (nSPS) is 15.5. The van der Waals surface area contributed by atoms with E-state index in [-0.39, 0.29) is 18.6 Å². The highest BCUT2D eigenvalue weighted by Gasteiger charge is 2.23. The van der Waals surface area contributed by atoms with Crippen LogP contribution in [0.5, 0.6) is 0 Å². The molecule has 1 heterocycles. The molecule has 0 atom stereocenters. The maximum atomic E-state index is 12.2. The Kier molecular flexibility index (Phi) is 4.60. The Bertz CT molecular complexity index is 704. The van der Waals surface area contributed by atoms with Gasteiger partial charge in [-0.3, -0.25) is 4.79 Å². The highest BCUT2D eigenvalue weighted by Crippen LogP contribution is 2.21. The van der Waals surface area contributed by atoms with Crippen LogP contribution < -0.4 is 0 Å². The van der Waals surface area contributed by atoms with Crippen LogP contribution in [0.25, 0.3) is 11.0 Å². The minimum Gasteiger partial charge on any atom is -0.452 e. The number of carbonyl (C=O) groups excluding carboxylic acids is 2. The number of H-pyrrole nitrogens is 1. The van der Waals surface area contributed by atoms with Crippen molar-refractivity contribution < 1.29 is 14.3 Å². The number of likely N-dealkylation sites (N-methyl/N-ethyl adjacent to an activating group) is 1. The predicted octanol–water partition coefficient (Wildman–Crippen LogP) is 2.51. The summed E-state index contributed by atoms with van der Waals surface area (Å²) in [6, 6.07) is 5.36. The number of carbonyl (C=O) groups is 2. The summed E-state index contributed by atoms with van der Waals surface area (Å²) in [7, 11) is 1.79. The molecular weight excluding hydrogens is 294 g/mol. The first kappa shape index (κ1) is 15.5. The summed E-state index contributed by atoms with van der Waals surface area (Å²) in [6.45, 7) is -0.215. The summed E-state index contributed by atoms with van der Waals surface area (Å²) < 4.78 is 5.16. The fourth-order valence-corrected chi connectivity index (χ4v) is 3.05. The Morgan fingerprint density at radius 3 is 2.87 bits per heavy atom. The molecule has 0 radical (unpaired) electrons. The highest BCUT2D eigenvalue weighted by atomic mass is 16.5. The van der Waals surface area contributed by atoms with Crippen molar-refractivity contribution in [3.8, 4) is 0 Å². The van der Waals surface area contributed by atoms with Gasteiger partial charge in [-0.05, 0) is 31.0 Å². The van der Waals surface area contributed by atoms with Gasteiger partial charge in [0.2, 0.25) is 0 Å². The molecule has 1 fully saturated rings. The number of amides is 1. The van der Waals surface area contributed by atoms with Gasteiger partial charge in [0.25, 0.3) is 5.91 Å². The van der Waals surface area contributed by atoms with Crippen LogP contribution >= 0.6 is 0 Å². The number of hydrogen-bond acceptors (Lipinski definition) is 4. The second-order valence-corrected chi connectivity index (χ2v) is 6.01. The zero-order chi connectivity index (χ0) is 16.2. The molecule has 3 rings (SSSR count). The second kappa shape index (κ2) is 6.81. The average Bonchev–Trinajstić information content (AvgIpc) is 3.07. The summed E-state index contributed by atoms with van der Waals surface area (Å²) in [5, 5.41) is 0. The second-order valence-electron chi connectivity index (χ2n) is 6.01. The first-order valence-corrected chi connectivity index (χ1v) is 8.01. The molecule has 2 aromatic rings.